The van der Waals surface area contributed by atoms with Crippen molar-refractivity contribution < 1.29 is 4.79 Å². The van der Waals surface area contributed by atoms with Gasteiger partial charge in [0.05, 0.1) is 5.69 Å². The summed E-state index contributed by atoms with van der Waals surface area (Å²) in [6.07, 6.45) is 1.01. The topological polar surface area (TPSA) is 32.3 Å². The lowest BCUT2D eigenvalue weighted by atomic mass is 10.4. The van der Waals surface area contributed by atoms with E-state index < -0.39 is 0 Å². The molecule has 1 aromatic rings. The van der Waals surface area contributed by atoms with Gasteiger partial charge in [-0.05, 0) is 17.9 Å². The highest BCUT2D eigenvalue weighted by Gasteiger charge is 2.18. The monoisotopic (exact) mass is 196 g/mol. The number of nitrogens with zero attached hydrogens (tertiary/aromatic N) is 1. The van der Waals surface area contributed by atoms with Gasteiger partial charge in [-0.25, -0.2) is 0 Å². The molecular weight excluding hydrogens is 184 g/mol. The molecule has 0 radical (unpaired) electrons. The van der Waals surface area contributed by atoms with E-state index in [1.165, 1.54) is 0 Å². The van der Waals surface area contributed by atoms with Crippen LogP contribution in [0.25, 0.3) is 0 Å². The normalized spacial score (nSPS) is 15.9. The van der Waals surface area contributed by atoms with E-state index in [-0.39, 0.29) is 5.91 Å². The largest absolute Gasteiger partial charge is 0.383 e. The van der Waals surface area contributed by atoms with Gasteiger partial charge in [0.15, 0.2) is 0 Å². The highest BCUT2D eigenvalue weighted by molar-refractivity contribution is 7.15. The van der Waals surface area contributed by atoms with Crippen LogP contribution in [0.15, 0.2) is 11.4 Å². The predicted octanol–water partition coefficient (Wildman–Crippen LogP) is 1.92. The van der Waals surface area contributed by atoms with Gasteiger partial charge >= 0.3 is 0 Å². The maximum Gasteiger partial charge on any atom is 0.224 e. The van der Waals surface area contributed by atoms with Crippen molar-refractivity contribution in [1.29, 1.82) is 0 Å². The van der Waals surface area contributed by atoms with Crippen LogP contribution < -0.4 is 10.2 Å². The summed E-state index contributed by atoms with van der Waals surface area (Å²) in [5.74, 6) is 0.132. The van der Waals surface area contributed by atoms with Gasteiger partial charge in [0.1, 0.15) is 5.00 Å². The lowest BCUT2D eigenvalue weighted by molar-refractivity contribution is -0.116. The highest BCUT2D eigenvalue weighted by Crippen LogP contribution is 2.34. The Morgan fingerprint density at radius 2 is 2.54 bits per heavy atom. The first-order valence-electron chi connectivity index (χ1n) is 4.38. The minimum atomic E-state index is 0.132. The van der Waals surface area contributed by atoms with Gasteiger partial charge < -0.3 is 10.2 Å². The number of nitrogens with one attached hydrogen (secondary N) is 1. The minimum absolute atomic E-state index is 0.132. The Bertz CT molecular complexity index is 321. The summed E-state index contributed by atoms with van der Waals surface area (Å²) in [4.78, 5) is 13.2. The van der Waals surface area contributed by atoms with Crippen LogP contribution in [0, 0.1) is 0 Å². The first-order chi connectivity index (χ1) is 6.29. The van der Waals surface area contributed by atoms with Gasteiger partial charge in [-0.2, -0.15) is 0 Å². The molecule has 0 unspecified atom stereocenters. The maximum atomic E-state index is 11.3. The number of anilines is 2. The van der Waals surface area contributed by atoms with Crippen LogP contribution in [-0.2, 0) is 4.79 Å². The number of carbonyl (C=O) groups excluding carboxylic acids is 1. The number of rotatable bonds is 0. The van der Waals surface area contributed by atoms with Gasteiger partial charge in [0, 0.05) is 20.0 Å². The molecule has 0 saturated heterocycles. The lowest BCUT2D eigenvalue weighted by Gasteiger charge is -2.17. The lowest BCUT2D eigenvalue weighted by Crippen LogP contribution is -2.28. The average molecular weight is 196 g/mol. The number of thiophene rings is 1. The number of hydrogen-bond acceptors (Lipinski definition) is 3. The molecule has 0 aliphatic carbocycles. The fourth-order valence-electron chi connectivity index (χ4n) is 1.51. The number of fused-ring (bicyclic) bond motifs is 1. The van der Waals surface area contributed by atoms with Gasteiger partial charge in [0.25, 0.3) is 0 Å². The molecule has 0 spiro atoms. The maximum absolute atomic E-state index is 11.3. The Hall–Kier alpha value is -1.03. The molecular formula is C9H12N2OS. The van der Waals surface area contributed by atoms with E-state index in [9.17, 15) is 4.79 Å². The van der Waals surface area contributed by atoms with Gasteiger partial charge in [-0.3, -0.25) is 4.79 Å². The molecule has 0 atom stereocenters. The highest BCUT2D eigenvalue weighted by atomic mass is 32.1. The van der Waals surface area contributed by atoms with Crippen molar-refractivity contribution in [3.63, 3.8) is 0 Å². The van der Waals surface area contributed by atoms with E-state index in [1.54, 1.807) is 18.3 Å². The van der Waals surface area contributed by atoms with E-state index in [1.807, 2.05) is 16.3 Å². The van der Waals surface area contributed by atoms with Gasteiger partial charge in [-0.1, -0.05) is 0 Å². The Labute approximate surface area is 81.4 Å². The first kappa shape index (κ1) is 8.56. The van der Waals surface area contributed by atoms with Crippen LogP contribution in [0.3, 0.4) is 0 Å². The summed E-state index contributed by atoms with van der Waals surface area (Å²) >= 11 is 1.62. The van der Waals surface area contributed by atoms with Crippen molar-refractivity contribution in [2.45, 2.75) is 13.3 Å². The zero-order chi connectivity index (χ0) is 9.26. The third-order valence-corrected chi connectivity index (χ3v) is 3.08. The summed E-state index contributed by atoms with van der Waals surface area (Å²) in [6, 6.07) is 2.03. The summed E-state index contributed by atoms with van der Waals surface area (Å²) in [6.45, 7) is 3.40. The fourth-order valence-corrected chi connectivity index (χ4v) is 2.45. The fraction of sp³-hybridized carbons (Fsp3) is 0.444. The van der Waals surface area contributed by atoms with Crippen molar-refractivity contribution in [3.05, 3.63) is 11.4 Å². The quantitative estimate of drug-likeness (QED) is 0.687. The Balaban J connectivity index is 2.36. The second kappa shape index (κ2) is 3.38. The van der Waals surface area contributed by atoms with E-state index >= 15 is 0 Å². The molecule has 4 heteroatoms. The zero-order valence-electron chi connectivity index (χ0n) is 7.54. The molecule has 1 amide bonds. The second-order valence-corrected chi connectivity index (χ2v) is 3.98. The molecule has 3 nitrogen and oxygen atoms in total. The van der Waals surface area contributed by atoms with Crippen molar-refractivity contribution in [2.24, 2.45) is 0 Å². The van der Waals surface area contributed by atoms with Crippen molar-refractivity contribution >= 4 is 27.9 Å². The smallest absolute Gasteiger partial charge is 0.224 e. The number of carbonyl (C=O) groups is 1. The molecule has 0 fully saturated rings. The predicted molar refractivity (Wildman–Crippen MR) is 55.5 cm³/mol. The van der Waals surface area contributed by atoms with Crippen LogP contribution in [0.1, 0.15) is 13.3 Å². The van der Waals surface area contributed by atoms with Crippen molar-refractivity contribution in [2.75, 3.05) is 23.3 Å². The van der Waals surface area contributed by atoms with Crippen LogP contribution in [-0.4, -0.2) is 19.0 Å². The van der Waals surface area contributed by atoms with Crippen LogP contribution in [0.4, 0.5) is 10.7 Å². The SMILES string of the molecule is CC(=O)N1CCCNc2ccsc21. The van der Waals surface area contributed by atoms with Crippen molar-refractivity contribution in [1.82, 2.24) is 0 Å². The molecule has 70 valence electrons. The van der Waals surface area contributed by atoms with Crippen molar-refractivity contribution in [3.8, 4) is 0 Å². The van der Waals surface area contributed by atoms with Gasteiger partial charge in [0.2, 0.25) is 5.91 Å². The Morgan fingerprint density at radius 3 is 3.31 bits per heavy atom. The number of hydrogen-bond donors (Lipinski definition) is 1. The summed E-state index contributed by atoms with van der Waals surface area (Å²) < 4.78 is 0. The van der Waals surface area contributed by atoms with Crippen LogP contribution in [0.2, 0.25) is 0 Å². The molecule has 1 aromatic heterocycles. The third-order valence-electron chi connectivity index (χ3n) is 2.14. The molecule has 0 bridgehead atoms. The second-order valence-electron chi connectivity index (χ2n) is 3.09. The molecule has 2 heterocycles. The van der Waals surface area contributed by atoms with Crippen LogP contribution >= 0.6 is 11.3 Å². The standard InChI is InChI=1S/C9H12N2OS/c1-7(12)11-5-2-4-10-8-3-6-13-9(8)11/h3,6,10H,2,4-5H2,1H3. The Morgan fingerprint density at radius 1 is 1.69 bits per heavy atom. The first-order valence-corrected chi connectivity index (χ1v) is 5.26. The molecule has 0 aromatic carbocycles. The minimum Gasteiger partial charge on any atom is -0.383 e. The van der Waals surface area contributed by atoms with E-state index in [0.717, 1.165) is 30.2 Å². The zero-order valence-corrected chi connectivity index (χ0v) is 8.36. The average Bonchev–Trinajstić information content (AvgIpc) is 2.44. The molecule has 2 rings (SSSR count). The molecule has 1 aliphatic rings. The number of amides is 1. The van der Waals surface area contributed by atoms with Crippen LogP contribution in [0.5, 0.6) is 0 Å². The third kappa shape index (κ3) is 1.54. The van der Waals surface area contributed by atoms with E-state index in [2.05, 4.69) is 5.32 Å². The van der Waals surface area contributed by atoms with Gasteiger partial charge in [-0.15, -0.1) is 11.3 Å². The summed E-state index contributed by atoms with van der Waals surface area (Å²) in [5, 5.41) is 6.38. The molecule has 1 aliphatic heterocycles. The summed E-state index contributed by atoms with van der Waals surface area (Å²) in [7, 11) is 0. The molecule has 0 saturated carbocycles. The van der Waals surface area contributed by atoms with E-state index in [4.69, 9.17) is 0 Å². The Kier molecular flexibility index (Phi) is 2.22. The molecule has 13 heavy (non-hydrogen) atoms. The summed E-state index contributed by atoms with van der Waals surface area (Å²) in [5.41, 5.74) is 1.10. The van der Waals surface area contributed by atoms with E-state index in [0.29, 0.717) is 0 Å². The molecule has 1 N–H and O–H groups in total.